The lowest BCUT2D eigenvalue weighted by molar-refractivity contribution is 0.584. The minimum Gasteiger partial charge on any atom is -0.279 e. The minimum atomic E-state index is -4.02. The van der Waals surface area contributed by atoms with Gasteiger partial charge in [-0.3, -0.25) is 4.72 Å². The van der Waals surface area contributed by atoms with E-state index in [1.165, 1.54) is 29.5 Å². The molecule has 1 N–H and O–H groups in total. The summed E-state index contributed by atoms with van der Waals surface area (Å²) in [5.74, 6) is -1.40. The summed E-state index contributed by atoms with van der Waals surface area (Å²) in [7, 11) is -4.02. The molecule has 0 saturated heterocycles. The SMILES string of the molecule is O=S(=O)(Nc1cc(F)cc(F)c1)c1ccc(-n2cncn2)nc1. The van der Waals surface area contributed by atoms with E-state index < -0.39 is 21.7 Å². The highest BCUT2D eigenvalue weighted by molar-refractivity contribution is 7.92. The third kappa shape index (κ3) is 3.31. The third-order valence-corrected chi connectivity index (χ3v) is 4.17. The van der Waals surface area contributed by atoms with E-state index in [4.69, 9.17) is 0 Å². The Morgan fingerprint density at radius 3 is 2.39 bits per heavy atom. The van der Waals surface area contributed by atoms with Crippen LogP contribution in [-0.4, -0.2) is 28.2 Å². The van der Waals surface area contributed by atoms with Crippen molar-refractivity contribution in [3.05, 3.63) is 60.8 Å². The molecule has 0 spiro atoms. The highest BCUT2D eigenvalue weighted by atomic mass is 32.2. The van der Waals surface area contributed by atoms with Gasteiger partial charge in [0.1, 0.15) is 29.2 Å². The molecule has 23 heavy (non-hydrogen) atoms. The normalized spacial score (nSPS) is 11.4. The van der Waals surface area contributed by atoms with Gasteiger partial charge in [0.15, 0.2) is 5.82 Å². The number of rotatable bonds is 4. The smallest absolute Gasteiger partial charge is 0.263 e. The minimum absolute atomic E-state index is 0.161. The average Bonchev–Trinajstić information content (AvgIpc) is 3.00. The summed E-state index contributed by atoms with van der Waals surface area (Å²) in [4.78, 5) is 7.55. The van der Waals surface area contributed by atoms with Crippen LogP contribution in [0, 0.1) is 11.6 Å². The number of nitrogens with one attached hydrogen (secondary N) is 1. The van der Waals surface area contributed by atoms with Gasteiger partial charge in [-0.2, -0.15) is 5.10 Å². The Balaban J connectivity index is 1.87. The quantitative estimate of drug-likeness (QED) is 0.783. The van der Waals surface area contributed by atoms with Gasteiger partial charge in [0.05, 0.1) is 5.69 Å². The van der Waals surface area contributed by atoms with Crippen LogP contribution in [0.2, 0.25) is 0 Å². The van der Waals surface area contributed by atoms with Crippen LogP contribution >= 0.6 is 0 Å². The van der Waals surface area contributed by atoms with Crippen molar-refractivity contribution in [1.82, 2.24) is 19.7 Å². The number of halogens is 2. The molecule has 0 radical (unpaired) electrons. The predicted octanol–water partition coefficient (Wildman–Crippen LogP) is 1.74. The molecule has 0 amide bonds. The molecule has 0 bridgehead atoms. The highest BCUT2D eigenvalue weighted by Crippen LogP contribution is 2.18. The van der Waals surface area contributed by atoms with Gasteiger partial charge in [-0.05, 0) is 24.3 Å². The summed E-state index contributed by atoms with van der Waals surface area (Å²) in [6.07, 6.45) is 3.83. The fraction of sp³-hybridized carbons (Fsp3) is 0. The first-order chi connectivity index (χ1) is 10.9. The molecule has 0 fully saturated rings. The number of hydrogen-bond acceptors (Lipinski definition) is 5. The summed E-state index contributed by atoms with van der Waals surface area (Å²) in [5.41, 5.74) is -0.220. The van der Waals surface area contributed by atoms with Gasteiger partial charge < -0.3 is 0 Å². The van der Waals surface area contributed by atoms with Crippen molar-refractivity contribution in [2.75, 3.05) is 4.72 Å². The zero-order valence-corrected chi connectivity index (χ0v) is 12.2. The molecular weight excluding hydrogens is 328 g/mol. The van der Waals surface area contributed by atoms with Crippen molar-refractivity contribution in [3.63, 3.8) is 0 Å². The maximum absolute atomic E-state index is 13.1. The van der Waals surface area contributed by atoms with E-state index in [0.29, 0.717) is 11.9 Å². The molecule has 3 rings (SSSR count). The van der Waals surface area contributed by atoms with E-state index >= 15 is 0 Å². The molecule has 0 aliphatic heterocycles. The van der Waals surface area contributed by atoms with E-state index in [-0.39, 0.29) is 10.6 Å². The van der Waals surface area contributed by atoms with E-state index in [1.54, 1.807) is 0 Å². The maximum Gasteiger partial charge on any atom is 0.263 e. The second kappa shape index (κ2) is 5.72. The molecule has 0 unspecified atom stereocenters. The molecule has 0 aliphatic rings. The standard InChI is InChI=1S/C13H9F2N5O2S/c14-9-3-10(15)5-11(4-9)19-23(21,22)12-1-2-13(17-6-12)20-8-16-7-18-20/h1-8,19H. The topological polar surface area (TPSA) is 89.8 Å². The summed E-state index contributed by atoms with van der Waals surface area (Å²) < 4.78 is 54.0. The fourth-order valence-corrected chi connectivity index (χ4v) is 2.81. The second-order valence-corrected chi connectivity index (χ2v) is 6.14. The Hall–Kier alpha value is -2.88. The predicted molar refractivity (Wildman–Crippen MR) is 76.3 cm³/mol. The van der Waals surface area contributed by atoms with Crippen molar-refractivity contribution >= 4 is 15.7 Å². The molecule has 1 aromatic carbocycles. The monoisotopic (exact) mass is 337 g/mol. The molecule has 10 heteroatoms. The number of sulfonamides is 1. The highest BCUT2D eigenvalue weighted by Gasteiger charge is 2.16. The first kappa shape index (κ1) is 15.0. The van der Waals surface area contributed by atoms with E-state index in [9.17, 15) is 17.2 Å². The van der Waals surface area contributed by atoms with Gasteiger partial charge in [0.25, 0.3) is 10.0 Å². The van der Waals surface area contributed by atoms with E-state index in [2.05, 4.69) is 19.8 Å². The summed E-state index contributed by atoms with van der Waals surface area (Å²) in [6.45, 7) is 0. The Morgan fingerprint density at radius 1 is 1.09 bits per heavy atom. The van der Waals surface area contributed by atoms with Crippen molar-refractivity contribution in [2.45, 2.75) is 4.90 Å². The largest absolute Gasteiger partial charge is 0.279 e. The maximum atomic E-state index is 13.1. The number of aromatic nitrogens is 4. The van der Waals surface area contributed by atoms with Crippen molar-refractivity contribution in [2.24, 2.45) is 0 Å². The van der Waals surface area contributed by atoms with E-state index in [1.807, 2.05) is 0 Å². The Kier molecular flexibility index (Phi) is 3.74. The Bertz CT molecular complexity index is 907. The lowest BCUT2D eigenvalue weighted by Gasteiger charge is -2.08. The molecule has 2 heterocycles. The van der Waals surface area contributed by atoms with Crippen molar-refractivity contribution in [1.29, 1.82) is 0 Å². The van der Waals surface area contributed by atoms with Gasteiger partial charge in [0.2, 0.25) is 0 Å². The second-order valence-electron chi connectivity index (χ2n) is 4.46. The summed E-state index contributed by atoms with van der Waals surface area (Å²) >= 11 is 0. The third-order valence-electron chi connectivity index (χ3n) is 2.80. The van der Waals surface area contributed by atoms with Crippen LogP contribution in [0.15, 0.2) is 54.1 Å². The van der Waals surface area contributed by atoms with E-state index in [0.717, 1.165) is 18.3 Å². The number of hydrogen-bond donors (Lipinski definition) is 1. The van der Waals surface area contributed by atoms with Crippen molar-refractivity contribution in [3.8, 4) is 5.82 Å². The Labute approximate surface area is 129 Å². The van der Waals surface area contributed by atoms with Gasteiger partial charge >= 0.3 is 0 Å². The van der Waals surface area contributed by atoms with Crippen LogP contribution in [0.25, 0.3) is 5.82 Å². The van der Waals surface area contributed by atoms with Crippen LogP contribution in [0.5, 0.6) is 0 Å². The van der Waals surface area contributed by atoms with Crippen LogP contribution in [0.3, 0.4) is 0 Å². The zero-order chi connectivity index (χ0) is 16.4. The van der Waals surface area contributed by atoms with Gasteiger partial charge in [-0.1, -0.05) is 0 Å². The molecule has 7 nitrogen and oxygen atoms in total. The van der Waals surface area contributed by atoms with Crippen LogP contribution in [-0.2, 0) is 10.0 Å². The molecule has 118 valence electrons. The average molecular weight is 337 g/mol. The molecule has 2 aromatic heterocycles. The number of anilines is 1. The molecule has 0 aliphatic carbocycles. The first-order valence-electron chi connectivity index (χ1n) is 6.24. The lowest BCUT2D eigenvalue weighted by Crippen LogP contribution is -2.14. The van der Waals surface area contributed by atoms with Crippen LogP contribution < -0.4 is 4.72 Å². The molecule has 0 atom stereocenters. The number of pyridine rings is 1. The van der Waals surface area contributed by atoms with Gasteiger partial charge in [0, 0.05) is 12.3 Å². The number of nitrogens with zero attached hydrogens (tertiary/aromatic N) is 4. The summed E-state index contributed by atoms with van der Waals surface area (Å²) in [5, 5.41) is 3.86. The Morgan fingerprint density at radius 2 is 1.83 bits per heavy atom. The van der Waals surface area contributed by atoms with Gasteiger partial charge in [-0.25, -0.2) is 31.8 Å². The van der Waals surface area contributed by atoms with Crippen LogP contribution in [0.1, 0.15) is 0 Å². The van der Waals surface area contributed by atoms with Crippen molar-refractivity contribution < 1.29 is 17.2 Å². The zero-order valence-electron chi connectivity index (χ0n) is 11.4. The van der Waals surface area contributed by atoms with Crippen LogP contribution in [0.4, 0.5) is 14.5 Å². The fourth-order valence-electron chi connectivity index (χ4n) is 1.82. The lowest BCUT2D eigenvalue weighted by atomic mass is 10.3. The summed E-state index contributed by atoms with van der Waals surface area (Å²) in [6, 6.07) is 5.11. The first-order valence-corrected chi connectivity index (χ1v) is 7.72. The molecule has 3 aromatic rings. The molecular formula is C13H9F2N5O2S. The van der Waals surface area contributed by atoms with Gasteiger partial charge in [-0.15, -0.1) is 0 Å². The molecule has 0 saturated carbocycles. The number of benzene rings is 1.